The number of phenolic OH excluding ortho intramolecular Hbond substituents is 1. The second kappa shape index (κ2) is 6.74. The highest BCUT2D eigenvalue weighted by Crippen LogP contribution is 2.22. The highest BCUT2D eigenvalue weighted by Gasteiger charge is 2.17. The van der Waals surface area contributed by atoms with E-state index in [1.807, 2.05) is 0 Å². The van der Waals surface area contributed by atoms with E-state index in [4.69, 9.17) is 4.74 Å². The smallest absolute Gasteiger partial charge is 0.408 e. The van der Waals surface area contributed by atoms with E-state index in [0.717, 1.165) is 4.47 Å². The summed E-state index contributed by atoms with van der Waals surface area (Å²) in [4.78, 5) is 23.1. The summed E-state index contributed by atoms with van der Waals surface area (Å²) in [6, 6.07) is 4.86. The van der Waals surface area contributed by atoms with E-state index in [1.54, 1.807) is 32.9 Å². The number of alkyl carbamates (subject to hydrolysis) is 1. The zero-order valence-electron chi connectivity index (χ0n) is 11.7. The Kier molecular flexibility index (Phi) is 5.56. The number of amides is 1. The van der Waals surface area contributed by atoms with Crippen molar-refractivity contribution in [2.75, 3.05) is 6.54 Å². The van der Waals surface area contributed by atoms with Crippen LogP contribution < -0.4 is 5.32 Å². The first kappa shape index (κ1) is 16.5. The number of carbonyl (C=O) groups is 2. The lowest BCUT2D eigenvalue weighted by Gasteiger charge is -2.19. The SMILES string of the molecule is CC(C)(C)OC(=O)NCC(=O)Cc1cc(Br)ccc1O. The van der Waals surface area contributed by atoms with E-state index in [2.05, 4.69) is 21.2 Å². The maximum atomic E-state index is 11.7. The van der Waals surface area contributed by atoms with Gasteiger partial charge in [0.25, 0.3) is 0 Å². The molecule has 20 heavy (non-hydrogen) atoms. The Morgan fingerprint density at radius 1 is 1.35 bits per heavy atom. The van der Waals surface area contributed by atoms with Crippen molar-refractivity contribution >= 4 is 27.8 Å². The lowest BCUT2D eigenvalue weighted by atomic mass is 10.1. The predicted octanol–water partition coefficient (Wildman–Crippen LogP) is 2.79. The number of nitrogens with one attached hydrogen (secondary N) is 1. The van der Waals surface area contributed by atoms with Crippen molar-refractivity contribution in [2.24, 2.45) is 0 Å². The second-order valence-corrected chi connectivity index (χ2v) is 6.26. The van der Waals surface area contributed by atoms with Crippen molar-refractivity contribution in [2.45, 2.75) is 32.8 Å². The van der Waals surface area contributed by atoms with Crippen molar-refractivity contribution in [1.29, 1.82) is 0 Å². The molecule has 0 aromatic heterocycles. The van der Waals surface area contributed by atoms with Crippen LogP contribution in [-0.4, -0.2) is 29.1 Å². The topological polar surface area (TPSA) is 75.6 Å². The Bertz CT molecular complexity index is 508. The summed E-state index contributed by atoms with van der Waals surface area (Å²) in [5, 5.41) is 12.0. The average Bonchev–Trinajstić information content (AvgIpc) is 2.29. The van der Waals surface area contributed by atoms with E-state index < -0.39 is 11.7 Å². The molecule has 0 saturated heterocycles. The van der Waals surface area contributed by atoms with Gasteiger partial charge < -0.3 is 15.2 Å². The van der Waals surface area contributed by atoms with Gasteiger partial charge in [-0.3, -0.25) is 4.79 Å². The lowest BCUT2D eigenvalue weighted by Crippen LogP contribution is -2.35. The second-order valence-electron chi connectivity index (χ2n) is 5.34. The lowest BCUT2D eigenvalue weighted by molar-refractivity contribution is -0.117. The molecular formula is C14H18BrNO4. The Hall–Kier alpha value is -1.56. The standard InChI is InChI=1S/C14H18BrNO4/c1-14(2,3)20-13(19)16-8-11(17)7-9-6-10(15)4-5-12(9)18/h4-6,18H,7-8H2,1-3H3,(H,16,19). The first-order valence-corrected chi connectivity index (χ1v) is 6.92. The Morgan fingerprint density at radius 3 is 2.60 bits per heavy atom. The molecule has 110 valence electrons. The molecule has 6 heteroatoms. The van der Waals surface area contributed by atoms with Crippen LogP contribution in [0.5, 0.6) is 5.75 Å². The van der Waals surface area contributed by atoms with Crippen LogP contribution in [0, 0.1) is 0 Å². The van der Waals surface area contributed by atoms with Gasteiger partial charge in [0.05, 0.1) is 6.54 Å². The van der Waals surface area contributed by atoms with Gasteiger partial charge >= 0.3 is 6.09 Å². The molecule has 2 N–H and O–H groups in total. The number of halogens is 1. The summed E-state index contributed by atoms with van der Waals surface area (Å²) in [6.07, 6.45) is -0.592. The molecule has 0 aliphatic heterocycles. The van der Waals surface area contributed by atoms with Crippen LogP contribution in [0.25, 0.3) is 0 Å². The number of ether oxygens (including phenoxy) is 1. The van der Waals surface area contributed by atoms with E-state index >= 15 is 0 Å². The van der Waals surface area contributed by atoms with Gasteiger partial charge in [-0.1, -0.05) is 15.9 Å². The van der Waals surface area contributed by atoms with E-state index in [0.29, 0.717) is 5.56 Å². The molecular weight excluding hydrogens is 326 g/mol. The molecule has 1 amide bonds. The minimum Gasteiger partial charge on any atom is -0.508 e. The van der Waals surface area contributed by atoms with Crippen LogP contribution in [0.1, 0.15) is 26.3 Å². The Labute approximate surface area is 126 Å². The molecule has 0 heterocycles. The number of ketones is 1. The van der Waals surface area contributed by atoms with Crippen LogP contribution >= 0.6 is 15.9 Å². The highest BCUT2D eigenvalue weighted by atomic mass is 79.9. The molecule has 1 aromatic carbocycles. The molecule has 1 rings (SSSR count). The highest BCUT2D eigenvalue weighted by molar-refractivity contribution is 9.10. The van der Waals surface area contributed by atoms with E-state index in [1.165, 1.54) is 6.07 Å². The number of Topliss-reactive ketones (excluding diaryl/α,β-unsaturated/α-hetero) is 1. The third-order valence-electron chi connectivity index (χ3n) is 2.26. The first-order valence-electron chi connectivity index (χ1n) is 6.13. The average molecular weight is 344 g/mol. The third-order valence-corrected chi connectivity index (χ3v) is 2.75. The van der Waals surface area contributed by atoms with Crippen LogP contribution in [0.15, 0.2) is 22.7 Å². The molecule has 0 saturated carbocycles. The van der Waals surface area contributed by atoms with Gasteiger partial charge in [-0.05, 0) is 39.0 Å². The number of aromatic hydroxyl groups is 1. The third kappa shape index (κ3) is 6.06. The molecule has 1 aromatic rings. The summed E-state index contributed by atoms with van der Waals surface area (Å²) in [5.41, 5.74) is -0.0919. The van der Waals surface area contributed by atoms with Crippen molar-refractivity contribution in [3.8, 4) is 5.75 Å². The monoisotopic (exact) mass is 343 g/mol. The van der Waals surface area contributed by atoms with Gasteiger partial charge in [-0.2, -0.15) is 0 Å². The van der Waals surface area contributed by atoms with Crippen LogP contribution in [-0.2, 0) is 16.0 Å². The molecule has 0 bridgehead atoms. The summed E-state index contributed by atoms with van der Waals surface area (Å²) < 4.78 is 5.80. The number of carbonyl (C=O) groups excluding carboxylic acids is 2. The van der Waals surface area contributed by atoms with Gasteiger partial charge in [0.15, 0.2) is 5.78 Å². The Morgan fingerprint density at radius 2 is 2.00 bits per heavy atom. The van der Waals surface area contributed by atoms with Gasteiger partial charge in [0.1, 0.15) is 11.4 Å². The quantitative estimate of drug-likeness (QED) is 0.881. The maximum absolute atomic E-state index is 11.7. The zero-order valence-corrected chi connectivity index (χ0v) is 13.3. The zero-order chi connectivity index (χ0) is 15.3. The van der Waals surface area contributed by atoms with Gasteiger partial charge in [-0.15, -0.1) is 0 Å². The van der Waals surface area contributed by atoms with Crippen molar-refractivity contribution < 1.29 is 19.4 Å². The van der Waals surface area contributed by atoms with Crippen molar-refractivity contribution in [3.05, 3.63) is 28.2 Å². The van der Waals surface area contributed by atoms with Crippen LogP contribution in [0.2, 0.25) is 0 Å². The maximum Gasteiger partial charge on any atom is 0.408 e. The van der Waals surface area contributed by atoms with Crippen molar-refractivity contribution in [1.82, 2.24) is 5.32 Å². The Balaban J connectivity index is 2.48. The van der Waals surface area contributed by atoms with E-state index in [9.17, 15) is 14.7 Å². The van der Waals surface area contributed by atoms with Crippen LogP contribution in [0.3, 0.4) is 0 Å². The minimum atomic E-state index is -0.635. The first-order chi connectivity index (χ1) is 9.17. The summed E-state index contributed by atoms with van der Waals surface area (Å²) in [6.45, 7) is 5.09. The normalized spacial score (nSPS) is 11.0. The summed E-state index contributed by atoms with van der Waals surface area (Å²) in [7, 11) is 0. The fraction of sp³-hybridized carbons (Fsp3) is 0.429. The summed E-state index contributed by atoms with van der Waals surface area (Å²) >= 11 is 3.27. The molecule has 5 nitrogen and oxygen atoms in total. The molecule has 0 unspecified atom stereocenters. The number of rotatable bonds is 4. The fourth-order valence-electron chi connectivity index (χ4n) is 1.46. The number of benzene rings is 1. The van der Waals surface area contributed by atoms with E-state index in [-0.39, 0.29) is 24.5 Å². The fourth-order valence-corrected chi connectivity index (χ4v) is 1.86. The van der Waals surface area contributed by atoms with Gasteiger partial charge in [-0.25, -0.2) is 4.79 Å². The molecule has 0 spiro atoms. The van der Waals surface area contributed by atoms with Crippen molar-refractivity contribution in [3.63, 3.8) is 0 Å². The van der Waals surface area contributed by atoms with Gasteiger partial charge in [0, 0.05) is 16.5 Å². The van der Waals surface area contributed by atoms with Crippen LogP contribution in [0.4, 0.5) is 4.79 Å². The van der Waals surface area contributed by atoms with Gasteiger partial charge in [0.2, 0.25) is 0 Å². The molecule has 0 atom stereocenters. The largest absolute Gasteiger partial charge is 0.508 e. The number of phenols is 1. The molecule has 0 aliphatic carbocycles. The molecule has 0 aliphatic rings. The predicted molar refractivity (Wildman–Crippen MR) is 78.8 cm³/mol. The summed E-state index contributed by atoms with van der Waals surface area (Å²) in [5.74, 6) is -0.164. The molecule has 0 radical (unpaired) electrons. The minimum absolute atomic E-state index is 0.0427. The number of hydrogen-bond donors (Lipinski definition) is 2. The molecule has 0 fully saturated rings. The number of hydrogen-bond acceptors (Lipinski definition) is 4.